The molecule has 0 aliphatic heterocycles. The average Bonchev–Trinajstić information content (AvgIpc) is 2.89. The van der Waals surface area contributed by atoms with Crippen LogP contribution in [0.25, 0.3) is 0 Å². The Hall–Kier alpha value is -3.21. The highest BCUT2D eigenvalue weighted by Gasteiger charge is 2.27. The van der Waals surface area contributed by atoms with E-state index in [9.17, 15) is 18.0 Å². The Morgan fingerprint density at radius 1 is 0.973 bits per heavy atom. The van der Waals surface area contributed by atoms with Gasteiger partial charge in [-0.15, -0.1) is 11.8 Å². The number of nitrogens with one attached hydrogen (secondary N) is 1. The molecule has 0 spiro atoms. The fraction of sp³-hybridized carbons (Fsp3) is 0.231. The van der Waals surface area contributed by atoms with E-state index in [-0.39, 0.29) is 33.5 Å². The van der Waals surface area contributed by atoms with Gasteiger partial charge in [-0.25, -0.2) is 13.2 Å². The third-order valence-electron chi connectivity index (χ3n) is 5.12. The van der Waals surface area contributed by atoms with E-state index in [1.807, 2.05) is 13.2 Å². The van der Waals surface area contributed by atoms with Gasteiger partial charge in [-0.3, -0.25) is 9.10 Å². The van der Waals surface area contributed by atoms with Crippen molar-refractivity contribution < 1.29 is 27.5 Å². The Morgan fingerprint density at radius 2 is 1.65 bits per heavy atom. The molecule has 0 saturated heterocycles. The molecular formula is C26H27ClN2O6S2. The van der Waals surface area contributed by atoms with Crippen molar-refractivity contribution in [3.05, 3.63) is 77.3 Å². The molecular weight excluding hydrogens is 536 g/mol. The second-order valence-corrected chi connectivity index (χ2v) is 10.7. The number of carbonyl (C=O) groups excluding carboxylic acids is 2. The Labute approximate surface area is 226 Å². The number of nitrogens with zero attached hydrogens (tertiary/aromatic N) is 1. The Balaban J connectivity index is 1.90. The maximum Gasteiger partial charge on any atom is 0.338 e. The highest BCUT2D eigenvalue weighted by Crippen LogP contribution is 2.28. The lowest BCUT2D eigenvalue weighted by Gasteiger charge is -2.24. The van der Waals surface area contributed by atoms with Crippen LogP contribution in [0.2, 0.25) is 5.02 Å². The van der Waals surface area contributed by atoms with Crippen LogP contribution in [0.5, 0.6) is 5.75 Å². The van der Waals surface area contributed by atoms with Gasteiger partial charge in [0, 0.05) is 4.90 Å². The van der Waals surface area contributed by atoms with Gasteiger partial charge < -0.3 is 14.8 Å². The summed E-state index contributed by atoms with van der Waals surface area (Å²) < 4.78 is 38.6. The summed E-state index contributed by atoms with van der Waals surface area (Å²) in [7, 11) is -4.10. The summed E-state index contributed by atoms with van der Waals surface area (Å²) in [5.41, 5.74) is 0.751. The summed E-state index contributed by atoms with van der Waals surface area (Å²) >= 11 is 7.75. The first kappa shape index (κ1) is 28.4. The Morgan fingerprint density at radius 3 is 2.22 bits per heavy atom. The monoisotopic (exact) mass is 562 g/mol. The van der Waals surface area contributed by atoms with Crippen LogP contribution in [-0.2, 0) is 19.6 Å². The molecule has 0 radical (unpaired) electrons. The number of anilines is 2. The molecule has 1 N–H and O–H groups in total. The number of sulfonamides is 1. The van der Waals surface area contributed by atoms with Crippen LogP contribution in [0, 0.1) is 0 Å². The third kappa shape index (κ3) is 7.18. The number of halogens is 1. The van der Waals surface area contributed by atoms with Crippen molar-refractivity contribution in [2.75, 3.05) is 35.6 Å². The topological polar surface area (TPSA) is 102 Å². The van der Waals surface area contributed by atoms with Crippen molar-refractivity contribution in [3.63, 3.8) is 0 Å². The predicted molar refractivity (Wildman–Crippen MR) is 146 cm³/mol. The molecule has 1 amide bonds. The molecule has 3 aromatic carbocycles. The van der Waals surface area contributed by atoms with Gasteiger partial charge in [0.05, 0.1) is 40.1 Å². The number of hydrogen-bond acceptors (Lipinski definition) is 7. The summed E-state index contributed by atoms with van der Waals surface area (Å²) in [6.45, 7) is 3.69. The van der Waals surface area contributed by atoms with E-state index in [0.29, 0.717) is 12.4 Å². The SMILES string of the molecule is CCOC(=O)c1ccc(NC(=O)CN(c2ccc(OCC)cc2)S(=O)(=O)c2ccc(SC)cc2)c(Cl)c1. The number of ether oxygens (including phenoxy) is 2. The van der Waals surface area contributed by atoms with Crippen LogP contribution in [0.1, 0.15) is 24.2 Å². The number of hydrogen-bond donors (Lipinski definition) is 1. The number of rotatable bonds is 11. The van der Waals surface area contributed by atoms with Gasteiger partial charge >= 0.3 is 5.97 Å². The van der Waals surface area contributed by atoms with E-state index in [2.05, 4.69) is 5.32 Å². The van der Waals surface area contributed by atoms with Gasteiger partial charge in [-0.1, -0.05) is 11.6 Å². The zero-order chi connectivity index (χ0) is 27.0. The molecule has 0 atom stereocenters. The van der Waals surface area contributed by atoms with Crippen LogP contribution in [-0.4, -0.2) is 46.3 Å². The van der Waals surface area contributed by atoms with Crippen molar-refractivity contribution in [2.24, 2.45) is 0 Å². The Kier molecular flexibility index (Phi) is 9.85. The molecule has 0 aliphatic rings. The molecule has 0 unspecified atom stereocenters. The van der Waals surface area contributed by atoms with Gasteiger partial charge in [-0.2, -0.15) is 0 Å². The minimum atomic E-state index is -4.10. The fourth-order valence-electron chi connectivity index (χ4n) is 3.34. The van der Waals surface area contributed by atoms with E-state index in [0.717, 1.165) is 9.20 Å². The van der Waals surface area contributed by atoms with Crippen LogP contribution >= 0.6 is 23.4 Å². The fourth-order valence-corrected chi connectivity index (χ4v) is 5.40. The van der Waals surface area contributed by atoms with Crippen molar-refractivity contribution in [2.45, 2.75) is 23.6 Å². The number of amides is 1. The number of esters is 1. The largest absolute Gasteiger partial charge is 0.494 e. The van der Waals surface area contributed by atoms with E-state index in [1.165, 1.54) is 42.1 Å². The zero-order valence-corrected chi connectivity index (χ0v) is 23.0. The van der Waals surface area contributed by atoms with E-state index < -0.39 is 28.4 Å². The number of benzene rings is 3. The van der Waals surface area contributed by atoms with Crippen LogP contribution in [0.3, 0.4) is 0 Å². The van der Waals surface area contributed by atoms with Gasteiger partial charge in [0.25, 0.3) is 10.0 Å². The third-order valence-corrected chi connectivity index (χ3v) is 7.97. The first-order chi connectivity index (χ1) is 17.7. The molecule has 37 heavy (non-hydrogen) atoms. The Bertz CT molecular complexity index is 1350. The molecule has 3 aromatic rings. The van der Waals surface area contributed by atoms with E-state index in [4.69, 9.17) is 21.1 Å². The number of carbonyl (C=O) groups is 2. The zero-order valence-electron chi connectivity index (χ0n) is 20.6. The molecule has 196 valence electrons. The molecule has 0 aromatic heterocycles. The summed E-state index contributed by atoms with van der Waals surface area (Å²) in [5, 5.41) is 2.74. The highest BCUT2D eigenvalue weighted by atomic mass is 35.5. The van der Waals surface area contributed by atoms with Crippen LogP contribution < -0.4 is 14.4 Å². The summed E-state index contributed by atoms with van der Waals surface area (Å²) in [5.74, 6) is -0.586. The molecule has 0 heterocycles. The van der Waals surface area contributed by atoms with Crippen LogP contribution in [0.4, 0.5) is 11.4 Å². The lowest BCUT2D eigenvalue weighted by atomic mass is 10.2. The van der Waals surface area contributed by atoms with Crippen LogP contribution in [0.15, 0.2) is 76.5 Å². The van der Waals surface area contributed by atoms with Gasteiger partial charge in [-0.05, 0) is 86.8 Å². The molecule has 0 fully saturated rings. The van der Waals surface area contributed by atoms with Gasteiger partial charge in [0.2, 0.25) is 5.91 Å². The summed E-state index contributed by atoms with van der Waals surface area (Å²) in [6, 6.07) is 17.2. The van der Waals surface area contributed by atoms with Gasteiger partial charge in [0.1, 0.15) is 12.3 Å². The molecule has 8 nitrogen and oxygen atoms in total. The van der Waals surface area contributed by atoms with Crippen molar-refractivity contribution in [3.8, 4) is 5.75 Å². The maximum atomic E-state index is 13.6. The molecule has 0 bridgehead atoms. The molecule has 11 heteroatoms. The number of thioether (sulfide) groups is 1. The standard InChI is InChI=1S/C26H27ClN2O6S2/c1-4-34-20-9-7-19(8-10-20)29(37(32,33)22-13-11-21(36-3)12-14-22)17-25(30)28-24-15-6-18(16-23(24)27)26(31)35-5-2/h6-16H,4-5,17H2,1-3H3,(H,28,30). The summed E-state index contributed by atoms with van der Waals surface area (Å²) in [4.78, 5) is 25.9. The minimum Gasteiger partial charge on any atom is -0.494 e. The highest BCUT2D eigenvalue weighted by molar-refractivity contribution is 7.98. The van der Waals surface area contributed by atoms with E-state index >= 15 is 0 Å². The quantitative estimate of drug-likeness (QED) is 0.244. The minimum absolute atomic E-state index is 0.0452. The first-order valence-electron chi connectivity index (χ1n) is 11.4. The van der Waals surface area contributed by atoms with Gasteiger partial charge in [0.15, 0.2) is 0 Å². The van der Waals surface area contributed by atoms with Crippen molar-refractivity contribution in [1.82, 2.24) is 0 Å². The molecule has 0 aliphatic carbocycles. The normalized spacial score (nSPS) is 11.0. The first-order valence-corrected chi connectivity index (χ1v) is 14.4. The lowest BCUT2D eigenvalue weighted by Crippen LogP contribution is -2.38. The second-order valence-electron chi connectivity index (χ2n) is 7.58. The molecule has 0 saturated carbocycles. The van der Waals surface area contributed by atoms with E-state index in [1.54, 1.807) is 43.3 Å². The average molecular weight is 563 g/mol. The predicted octanol–water partition coefficient (Wildman–Crippen LogP) is 5.47. The lowest BCUT2D eigenvalue weighted by molar-refractivity contribution is -0.114. The maximum absolute atomic E-state index is 13.6. The van der Waals surface area contributed by atoms with Crippen molar-refractivity contribution >= 4 is 56.6 Å². The summed E-state index contributed by atoms with van der Waals surface area (Å²) in [6.07, 6.45) is 1.89. The smallest absolute Gasteiger partial charge is 0.338 e. The second kappa shape index (κ2) is 12.8. The van der Waals surface area contributed by atoms with Crippen molar-refractivity contribution in [1.29, 1.82) is 0 Å². The molecule has 3 rings (SSSR count).